The molecule has 0 radical (unpaired) electrons. The minimum Gasteiger partial charge on any atom is -0.369 e. The molecule has 1 saturated heterocycles. The van der Waals surface area contributed by atoms with Crippen LogP contribution in [0.3, 0.4) is 0 Å². The molecule has 12 heavy (non-hydrogen) atoms. The molecule has 1 aliphatic heterocycles. The maximum absolute atomic E-state index is 10.9. The van der Waals surface area contributed by atoms with Crippen LogP contribution in [0.4, 0.5) is 0 Å². The number of carbonyl (C=O) groups is 1. The van der Waals surface area contributed by atoms with Crippen molar-refractivity contribution in [2.24, 2.45) is 11.7 Å². The van der Waals surface area contributed by atoms with Crippen molar-refractivity contribution in [1.82, 2.24) is 5.32 Å². The molecule has 1 spiro atoms. The maximum atomic E-state index is 10.9. The molecular formula is C9H16N2O. The van der Waals surface area contributed by atoms with Gasteiger partial charge in [-0.25, -0.2) is 0 Å². The Bertz CT molecular complexity index is 197. The van der Waals surface area contributed by atoms with Gasteiger partial charge in [-0.3, -0.25) is 4.79 Å². The second kappa shape index (κ2) is 2.73. The highest BCUT2D eigenvalue weighted by molar-refractivity contribution is 5.77. The second-order valence-corrected chi connectivity index (χ2v) is 4.15. The number of hydrogen-bond donors (Lipinski definition) is 2. The Hall–Kier alpha value is -0.570. The molecule has 1 unspecified atom stereocenters. The number of nitrogens with one attached hydrogen (secondary N) is 1. The van der Waals surface area contributed by atoms with Crippen molar-refractivity contribution < 1.29 is 4.79 Å². The van der Waals surface area contributed by atoms with E-state index in [1.807, 2.05) is 0 Å². The van der Waals surface area contributed by atoms with E-state index in [4.69, 9.17) is 5.73 Å². The van der Waals surface area contributed by atoms with Gasteiger partial charge in [0.1, 0.15) is 0 Å². The minimum absolute atomic E-state index is 0.111. The molecule has 3 N–H and O–H groups in total. The molecule has 2 rings (SSSR count). The predicted octanol–water partition coefficient (Wildman–Crippen LogP) is 0.394. The third kappa shape index (κ3) is 1.22. The van der Waals surface area contributed by atoms with Crippen LogP contribution in [0.2, 0.25) is 0 Å². The number of hydrogen-bond acceptors (Lipinski definition) is 2. The van der Waals surface area contributed by atoms with Gasteiger partial charge in [-0.1, -0.05) is 0 Å². The minimum atomic E-state index is -0.111. The van der Waals surface area contributed by atoms with Crippen molar-refractivity contribution in [2.45, 2.75) is 37.6 Å². The molecule has 3 nitrogen and oxygen atoms in total. The zero-order chi connectivity index (χ0) is 8.60. The quantitative estimate of drug-likeness (QED) is 0.595. The first-order valence-electron chi connectivity index (χ1n) is 4.76. The van der Waals surface area contributed by atoms with Crippen LogP contribution in [0.25, 0.3) is 0 Å². The summed E-state index contributed by atoms with van der Waals surface area (Å²) in [6.45, 7) is 1.12. The van der Waals surface area contributed by atoms with E-state index in [9.17, 15) is 4.79 Å². The summed E-state index contributed by atoms with van der Waals surface area (Å²) in [7, 11) is 0. The van der Waals surface area contributed by atoms with Gasteiger partial charge in [0.05, 0.1) is 0 Å². The second-order valence-electron chi connectivity index (χ2n) is 4.15. The lowest BCUT2D eigenvalue weighted by atomic mass is 9.94. The van der Waals surface area contributed by atoms with E-state index >= 15 is 0 Å². The van der Waals surface area contributed by atoms with Gasteiger partial charge in [0, 0.05) is 11.5 Å². The van der Waals surface area contributed by atoms with Gasteiger partial charge in [-0.05, 0) is 38.6 Å². The first-order valence-corrected chi connectivity index (χ1v) is 4.76. The molecule has 2 atom stereocenters. The van der Waals surface area contributed by atoms with Gasteiger partial charge in [-0.2, -0.15) is 0 Å². The summed E-state index contributed by atoms with van der Waals surface area (Å²) < 4.78 is 0. The molecule has 68 valence electrons. The first-order chi connectivity index (χ1) is 5.72. The summed E-state index contributed by atoms with van der Waals surface area (Å²) in [4.78, 5) is 10.9. The van der Waals surface area contributed by atoms with Crippen LogP contribution in [-0.2, 0) is 4.79 Å². The molecule has 2 aliphatic rings. The summed E-state index contributed by atoms with van der Waals surface area (Å²) in [5.74, 6) is 0.0242. The molecule has 0 aromatic carbocycles. The summed E-state index contributed by atoms with van der Waals surface area (Å²) in [5, 5.41) is 3.51. The Kier molecular flexibility index (Phi) is 1.83. The lowest BCUT2D eigenvalue weighted by Gasteiger charge is -2.23. The van der Waals surface area contributed by atoms with Gasteiger partial charge in [0.2, 0.25) is 5.91 Å². The molecule has 0 aromatic rings. The third-order valence-electron chi connectivity index (χ3n) is 3.34. The molecule has 3 heteroatoms. The highest BCUT2D eigenvalue weighted by atomic mass is 16.1. The van der Waals surface area contributed by atoms with Crippen LogP contribution in [0.1, 0.15) is 32.1 Å². The summed E-state index contributed by atoms with van der Waals surface area (Å²) in [6.07, 6.45) is 5.59. The molecule has 0 aromatic heterocycles. The monoisotopic (exact) mass is 168 g/mol. The van der Waals surface area contributed by atoms with E-state index in [1.54, 1.807) is 0 Å². The Morgan fingerprint density at radius 1 is 1.50 bits per heavy atom. The fraction of sp³-hybridized carbons (Fsp3) is 0.889. The van der Waals surface area contributed by atoms with Crippen molar-refractivity contribution in [3.05, 3.63) is 0 Å². The van der Waals surface area contributed by atoms with Crippen LogP contribution in [0.5, 0.6) is 0 Å². The van der Waals surface area contributed by atoms with Gasteiger partial charge >= 0.3 is 0 Å². The topological polar surface area (TPSA) is 55.1 Å². The highest BCUT2D eigenvalue weighted by Crippen LogP contribution is 2.39. The van der Waals surface area contributed by atoms with Crippen LogP contribution in [-0.4, -0.2) is 18.0 Å². The zero-order valence-electron chi connectivity index (χ0n) is 7.31. The normalized spacial score (nSPS) is 40.8. The number of carbonyl (C=O) groups excluding carboxylic acids is 1. The average Bonchev–Trinajstić information content (AvgIpc) is 2.62. The van der Waals surface area contributed by atoms with E-state index in [2.05, 4.69) is 5.32 Å². The van der Waals surface area contributed by atoms with Crippen molar-refractivity contribution in [3.8, 4) is 0 Å². The smallest absolute Gasteiger partial charge is 0.220 e. The van der Waals surface area contributed by atoms with Gasteiger partial charge in [-0.15, -0.1) is 0 Å². The van der Waals surface area contributed by atoms with Crippen LogP contribution in [0, 0.1) is 5.92 Å². The number of primary amides is 1. The Morgan fingerprint density at radius 3 is 2.83 bits per heavy atom. The van der Waals surface area contributed by atoms with E-state index in [-0.39, 0.29) is 11.8 Å². The van der Waals surface area contributed by atoms with Crippen molar-refractivity contribution in [2.75, 3.05) is 6.54 Å². The molecule has 1 amide bonds. The fourth-order valence-electron chi connectivity index (χ4n) is 2.63. The highest BCUT2D eigenvalue weighted by Gasteiger charge is 2.42. The first kappa shape index (κ1) is 8.05. The van der Waals surface area contributed by atoms with Crippen LogP contribution < -0.4 is 11.1 Å². The van der Waals surface area contributed by atoms with E-state index in [1.165, 1.54) is 12.8 Å². The molecule has 0 bridgehead atoms. The van der Waals surface area contributed by atoms with E-state index in [0.29, 0.717) is 5.54 Å². The average molecular weight is 168 g/mol. The SMILES string of the molecule is NC(=O)[C@@H]1CCC2(CCCN2)C1. The number of amides is 1. The molecule has 1 aliphatic carbocycles. The van der Waals surface area contributed by atoms with Crippen molar-refractivity contribution in [3.63, 3.8) is 0 Å². The Labute approximate surface area is 72.7 Å². The molecule has 1 saturated carbocycles. The van der Waals surface area contributed by atoms with Crippen LogP contribution >= 0.6 is 0 Å². The predicted molar refractivity (Wildman–Crippen MR) is 46.5 cm³/mol. The fourth-order valence-corrected chi connectivity index (χ4v) is 2.63. The maximum Gasteiger partial charge on any atom is 0.220 e. The number of rotatable bonds is 1. The van der Waals surface area contributed by atoms with Crippen LogP contribution in [0.15, 0.2) is 0 Å². The lowest BCUT2D eigenvalue weighted by Crippen LogP contribution is -2.37. The van der Waals surface area contributed by atoms with Gasteiger partial charge in [0.15, 0.2) is 0 Å². The lowest BCUT2D eigenvalue weighted by molar-refractivity contribution is -0.121. The van der Waals surface area contributed by atoms with E-state index in [0.717, 1.165) is 25.8 Å². The zero-order valence-corrected chi connectivity index (χ0v) is 7.31. The van der Waals surface area contributed by atoms with Crippen molar-refractivity contribution in [1.29, 1.82) is 0 Å². The summed E-state index contributed by atoms with van der Waals surface area (Å²) in [5.41, 5.74) is 5.57. The molecular weight excluding hydrogens is 152 g/mol. The number of nitrogens with two attached hydrogens (primary N) is 1. The summed E-state index contributed by atoms with van der Waals surface area (Å²) in [6, 6.07) is 0. The molecule has 2 fully saturated rings. The molecule has 1 heterocycles. The van der Waals surface area contributed by atoms with Gasteiger partial charge < -0.3 is 11.1 Å². The Morgan fingerprint density at radius 2 is 2.33 bits per heavy atom. The van der Waals surface area contributed by atoms with Crippen molar-refractivity contribution >= 4 is 5.91 Å². The van der Waals surface area contributed by atoms with Gasteiger partial charge in [0.25, 0.3) is 0 Å². The standard InChI is InChI=1S/C9H16N2O/c10-8(12)7-2-4-9(6-7)3-1-5-11-9/h7,11H,1-6H2,(H2,10,12)/t7-,9?/m1/s1. The largest absolute Gasteiger partial charge is 0.369 e. The van der Waals surface area contributed by atoms with E-state index < -0.39 is 0 Å². The third-order valence-corrected chi connectivity index (χ3v) is 3.34. The summed E-state index contributed by atoms with van der Waals surface area (Å²) >= 11 is 0. The Balaban J connectivity index is 2.01.